The molecule has 0 aromatic carbocycles. The second-order valence-corrected chi connectivity index (χ2v) is 2.48. The molecule has 0 spiro atoms. The highest BCUT2D eigenvalue weighted by molar-refractivity contribution is 6.24. The van der Waals surface area contributed by atoms with Crippen LogP contribution >= 0.6 is 11.6 Å². The zero-order chi connectivity index (χ0) is 9.98. The van der Waals surface area contributed by atoms with Crippen LogP contribution in [0.4, 0.5) is 0 Å². The van der Waals surface area contributed by atoms with E-state index in [1.54, 1.807) is 0 Å². The molecule has 0 rings (SSSR count). The minimum Gasteiger partial charge on any atom is -0.481 e. The van der Waals surface area contributed by atoms with Crippen molar-refractivity contribution in [2.24, 2.45) is 5.92 Å². The van der Waals surface area contributed by atoms with Gasteiger partial charge in [-0.3, -0.25) is 4.79 Å². The third-order valence-corrected chi connectivity index (χ3v) is 1.52. The smallest absolute Gasteiger partial charge is 0.306 e. The summed E-state index contributed by atoms with van der Waals surface area (Å²) in [6, 6.07) is 0. The van der Waals surface area contributed by atoms with Crippen LogP contribution in [-0.2, 0) is 9.59 Å². The molecular weight excluding hydrogens is 180 g/mol. The average molecular weight is 195 g/mol. The Morgan fingerprint density at radius 2 is 1.83 bits per heavy atom. The maximum absolute atomic E-state index is 10.2. The average Bonchev–Trinajstić information content (AvgIpc) is 2.07. The first-order valence-corrected chi connectivity index (χ1v) is 4.39. The van der Waals surface area contributed by atoms with Gasteiger partial charge in [-0.15, -0.1) is 11.6 Å². The summed E-state index contributed by atoms with van der Waals surface area (Å²) in [5.41, 5.74) is 0. The van der Waals surface area contributed by atoms with E-state index in [2.05, 4.69) is 0 Å². The van der Waals surface area contributed by atoms with Gasteiger partial charge in [-0.05, 0) is 12.8 Å². The van der Waals surface area contributed by atoms with Gasteiger partial charge in [-0.2, -0.15) is 0 Å². The summed E-state index contributed by atoms with van der Waals surface area (Å²) in [5.74, 6) is -0.690. The van der Waals surface area contributed by atoms with Crippen LogP contribution in [0.1, 0.15) is 26.7 Å². The molecule has 0 heterocycles. The monoisotopic (exact) mass is 194 g/mol. The van der Waals surface area contributed by atoms with Gasteiger partial charge < -0.3 is 9.90 Å². The molecule has 4 heteroatoms. The van der Waals surface area contributed by atoms with Crippen molar-refractivity contribution in [1.82, 2.24) is 0 Å². The van der Waals surface area contributed by atoms with E-state index in [-0.39, 0.29) is 11.8 Å². The van der Waals surface area contributed by atoms with E-state index < -0.39 is 5.97 Å². The first kappa shape index (κ1) is 14.0. The first-order chi connectivity index (χ1) is 5.63. The molecule has 0 atom stereocenters. The topological polar surface area (TPSA) is 54.4 Å². The van der Waals surface area contributed by atoms with E-state index in [0.717, 1.165) is 12.8 Å². The van der Waals surface area contributed by atoms with Crippen molar-refractivity contribution < 1.29 is 14.7 Å². The fourth-order valence-electron chi connectivity index (χ4n) is 0.638. The van der Waals surface area contributed by atoms with Gasteiger partial charge in [0, 0.05) is 0 Å². The molecule has 0 aromatic heterocycles. The molecule has 3 nitrogen and oxygen atoms in total. The number of halogens is 1. The van der Waals surface area contributed by atoms with Gasteiger partial charge in [-0.25, -0.2) is 0 Å². The number of carboxylic acid groups (broad SMARTS) is 1. The lowest BCUT2D eigenvalue weighted by molar-refractivity contribution is -0.141. The van der Waals surface area contributed by atoms with Crippen molar-refractivity contribution in [3.8, 4) is 0 Å². The normalized spacial score (nSPS) is 8.67. The molecule has 0 aromatic rings. The first-order valence-electron chi connectivity index (χ1n) is 3.86. The number of alkyl halides is 1. The highest BCUT2D eigenvalue weighted by atomic mass is 35.5. The van der Waals surface area contributed by atoms with Gasteiger partial charge in [0.1, 0.15) is 6.29 Å². The van der Waals surface area contributed by atoms with Crippen LogP contribution in [0.25, 0.3) is 0 Å². The largest absolute Gasteiger partial charge is 0.481 e. The Labute approximate surface area is 77.7 Å². The number of carboxylic acids is 1. The van der Waals surface area contributed by atoms with Crippen molar-refractivity contribution in [3.05, 3.63) is 0 Å². The van der Waals surface area contributed by atoms with E-state index in [1.807, 2.05) is 13.8 Å². The van der Waals surface area contributed by atoms with Crippen LogP contribution in [0.3, 0.4) is 0 Å². The summed E-state index contributed by atoms with van der Waals surface area (Å²) in [4.78, 5) is 19.2. The molecule has 0 bridgehead atoms. The summed E-state index contributed by atoms with van der Waals surface area (Å²) in [5, 5.41) is 8.37. The number of hydrogen-bond acceptors (Lipinski definition) is 2. The maximum atomic E-state index is 10.2. The molecule has 0 unspecified atom stereocenters. The number of aliphatic carboxylic acids is 1. The Morgan fingerprint density at radius 1 is 1.50 bits per heavy atom. The minimum atomic E-state index is -0.671. The molecule has 0 saturated heterocycles. The van der Waals surface area contributed by atoms with E-state index in [9.17, 15) is 4.79 Å². The van der Waals surface area contributed by atoms with Crippen LogP contribution in [0.2, 0.25) is 0 Å². The molecule has 0 aliphatic heterocycles. The van der Waals surface area contributed by atoms with Crippen LogP contribution in [0.15, 0.2) is 0 Å². The standard InChI is InChI=1S/C6H12O2.C2H3ClO/c1-3-5(4-2)6(7)8;3-1-2-4/h5H,3-4H2,1-2H3,(H,7,8);2H,1H2. The lowest BCUT2D eigenvalue weighted by Crippen LogP contribution is -2.10. The zero-order valence-electron chi connectivity index (χ0n) is 7.42. The van der Waals surface area contributed by atoms with Crippen LogP contribution in [-0.4, -0.2) is 23.2 Å². The highest BCUT2D eigenvalue weighted by Crippen LogP contribution is 2.05. The number of carbonyl (C=O) groups is 2. The van der Waals surface area contributed by atoms with Crippen molar-refractivity contribution in [1.29, 1.82) is 0 Å². The zero-order valence-corrected chi connectivity index (χ0v) is 8.17. The molecule has 0 fully saturated rings. The van der Waals surface area contributed by atoms with E-state index in [4.69, 9.17) is 21.5 Å². The Hall–Kier alpha value is -0.570. The Bertz CT molecular complexity index is 121. The van der Waals surface area contributed by atoms with Crippen LogP contribution < -0.4 is 0 Å². The third-order valence-electron chi connectivity index (χ3n) is 1.40. The van der Waals surface area contributed by atoms with Crippen molar-refractivity contribution >= 4 is 23.9 Å². The lowest BCUT2D eigenvalue weighted by atomic mass is 10.1. The summed E-state index contributed by atoms with van der Waals surface area (Å²) < 4.78 is 0. The molecule has 0 amide bonds. The van der Waals surface area contributed by atoms with Gasteiger partial charge in [0.25, 0.3) is 0 Å². The van der Waals surface area contributed by atoms with Crippen molar-refractivity contribution in [2.75, 3.05) is 5.88 Å². The highest BCUT2D eigenvalue weighted by Gasteiger charge is 2.10. The Balaban J connectivity index is 0. The number of rotatable bonds is 4. The summed E-state index contributed by atoms with van der Waals surface area (Å²) in [7, 11) is 0. The maximum Gasteiger partial charge on any atom is 0.306 e. The summed E-state index contributed by atoms with van der Waals surface area (Å²) in [6.07, 6.45) is 2.12. The minimum absolute atomic E-state index is 0.111. The predicted octanol–water partition coefficient (Wildman–Crippen LogP) is 1.93. The van der Waals surface area contributed by atoms with Crippen molar-refractivity contribution in [2.45, 2.75) is 26.7 Å². The SMILES string of the molecule is CCC(CC)C(=O)O.O=CCCl. The van der Waals surface area contributed by atoms with E-state index in [0.29, 0.717) is 6.29 Å². The molecule has 1 N–H and O–H groups in total. The number of aldehydes is 1. The van der Waals surface area contributed by atoms with Crippen LogP contribution in [0, 0.1) is 5.92 Å². The molecule has 0 saturated carbocycles. The molecule has 0 aliphatic rings. The summed E-state index contributed by atoms with van der Waals surface area (Å²) >= 11 is 4.82. The number of carbonyl (C=O) groups excluding carboxylic acids is 1. The molecule has 0 aliphatic carbocycles. The third kappa shape index (κ3) is 9.43. The van der Waals surface area contributed by atoms with Crippen LogP contribution in [0.5, 0.6) is 0 Å². The van der Waals surface area contributed by atoms with Gasteiger partial charge in [-0.1, -0.05) is 13.8 Å². The second kappa shape index (κ2) is 10.4. The quantitative estimate of drug-likeness (QED) is 0.550. The van der Waals surface area contributed by atoms with Gasteiger partial charge >= 0.3 is 5.97 Å². The number of hydrogen-bond donors (Lipinski definition) is 1. The van der Waals surface area contributed by atoms with E-state index >= 15 is 0 Å². The van der Waals surface area contributed by atoms with Crippen molar-refractivity contribution in [3.63, 3.8) is 0 Å². The molecule has 72 valence electrons. The lowest BCUT2D eigenvalue weighted by Gasteiger charge is -2.02. The van der Waals surface area contributed by atoms with E-state index in [1.165, 1.54) is 0 Å². The summed E-state index contributed by atoms with van der Waals surface area (Å²) in [6.45, 7) is 3.78. The van der Waals surface area contributed by atoms with Gasteiger partial charge in [0.2, 0.25) is 0 Å². The molecular formula is C8H15ClO3. The Kier molecular flexibility index (Phi) is 12.2. The molecule has 0 radical (unpaired) electrons. The second-order valence-electron chi connectivity index (χ2n) is 2.17. The Morgan fingerprint density at radius 3 is 1.83 bits per heavy atom. The van der Waals surface area contributed by atoms with Gasteiger partial charge in [0.05, 0.1) is 11.8 Å². The fourth-order valence-corrected chi connectivity index (χ4v) is 0.638. The predicted molar refractivity (Wildman–Crippen MR) is 48.5 cm³/mol. The van der Waals surface area contributed by atoms with Gasteiger partial charge in [0.15, 0.2) is 0 Å². The molecule has 12 heavy (non-hydrogen) atoms. The fraction of sp³-hybridized carbons (Fsp3) is 0.750.